The van der Waals surface area contributed by atoms with Crippen LogP contribution in [0.4, 0.5) is 0 Å². The zero-order chi connectivity index (χ0) is 11.3. The average molecular weight is 214 g/mol. The molecule has 0 aliphatic carbocycles. The van der Waals surface area contributed by atoms with Crippen LogP contribution in [0.1, 0.15) is 29.6 Å². The van der Waals surface area contributed by atoms with E-state index < -0.39 is 5.97 Å². The van der Waals surface area contributed by atoms with Gasteiger partial charge in [-0.3, -0.25) is 0 Å². The minimum Gasteiger partial charge on any atom is -0.476 e. The Morgan fingerprint density at radius 1 is 1.73 bits per heavy atom. The molecule has 0 aromatic carbocycles. The van der Waals surface area contributed by atoms with Gasteiger partial charge in [0.05, 0.1) is 6.54 Å². The Labute approximate surface area is 86.9 Å². The summed E-state index contributed by atoms with van der Waals surface area (Å²) < 4.78 is 4.80. The molecule has 1 rings (SSSR count). The molecule has 1 aromatic heterocycles. The van der Waals surface area contributed by atoms with Crippen molar-refractivity contribution < 1.29 is 19.5 Å². The van der Waals surface area contributed by atoms with Crippen molar-refractivity contribution in [2.45, 2.75) is 25.9 Å². The average Bonchev–Trinajstić information content (AvgIpc) is 2.63. The number of nitrogens with zero attached hydrogens (tertiary/aromatic N) is 1. The zero-order valence-electron chi connectivity index (χ0n) is 8.43. The van der Waals surface area contributed by atoms with E-state index in [1.165, 1.54) is 6.07 Å². The molecule has 0 radical (unpaired) electrons. The molecule has 3 N–H and O–H groups in total. The monoisotopic (exact) mass is 214 g/mol. The van der Waals surface area contributed by atoms with E-state index in [9.17, 15) is 4.79 Å². The quantitative estimate of drug-likeness (QED) is 0.627. The topological polar surface area (TPSA) is 95.6 Å². The standard InChI is InChI=1S/C9H14N2O4/c1-6(2-3-12)10-5-7-4-8(9(13)14)11-15-7/h4,6,10,12H,2-3,5H2,1H3,(H,13,14). The van der Waals surface area contributed by atoms with Crippen LogP contribution < -0.4 is 5.32 Å². The summed E-state index contributed by atoms with van der Waals surface area (Å²) in [5.74, 6) is -0.634. The molecule has 84 valence electrons. The maximum absolute atomic E-state index is 10.5. The van der Waals surface area contributed by atoms with Gasteiger partial charge < -0.3 is 20.1 Å². The van der Waals surface area contributed by atoms with Crippen LogP contribution >= 0.6 is 0 Å². The Hall–Kier alpha value is -1.40. The van der Waals surface area contributed by atoms with Crippen molar-refractivity contribution in [3.63, 3.8) is 0 Å². The van der Waals surface area contributed by atoms with Crippen LogP contribution in [0.15, 0.2) is 10.6 Å². The largest absolute Gasteiger partial charge is 0.476 e. The number of nitrogens with one attached hydrogen (secondary N) is 1. The molecule has 1 atom stereocenters. The predicted molar refractivity (Wildman–Crippen MR) is 51.5 cm³/mol. The third kappa shape index (κ3) is 3.69. The molecule has 1 heterocycles. The fourth-order valence-corrected chi connectivity index (χ4v) is 1.07. The van der Waals surface area contributed by atoms with Crippen molar-refractivity contribution in [1.82, 2.24) is 10.5 Å². The van der Waals surface area contributed by atoms with E-state index in [2.05, 4.69) is 10.5 Å². The first-order valence-electron chi connectivity index (χ1n) is 4.66. The lowest BCUT2D eigenvalue weighted by Crippen LogP contribution is -2.26. The Kier molecular flexibility index (Phi) is 4.26. The summed E-state index contributed by atoms with van der Waals surface area (Å²) in [5, 5.41) is 23.7. The number of hydrogen-bond donors (Lipinski definition) is 3. The van der Waals surface area contributed by atoms with Crippen LogP contribution in [0.5, 0.6) is 0 Å². The normalized spacial score (nSPS) is 12.7. The van der Waals surface area contributed by atoms with Gasteiger partial charge in [0.1, 0.15) is 0 Å². The number of aliphatic hydroxyl groups is 1. The molecular weight excluding hydrogens is 200 g/mol. The second kappa shape index (κ2) is 5.47. The summed E-state index contributed by atoms with van der Waals surface area (Å²) in [6.45, 7) is 2.44. The maximum atomic E-state index is 10.5. The molecule has 0 saturated carbocycles. The van der Waals surface area contributed by atoms with Gasteiger partial charge in [0.2, 0.25) is 0 Å². The van der Waals surface area contributed by atoms with Crippen molar-refractivity contribution >= 4 is 5.97 Å². The van der Waals surface area contributed by atoms with Crippen LogP contribution in [0.2, 0.25) is 0 Å². The summed E-state index contributed by atoms with van der Waals surface area (Å²) in [6, 6.07) is 1.52. The highest BCUT2D eigenvalue weighted by molar-refractivity contribution is 5.85. The SMILES string of the molecule is CC(CCO)NCc1cc(C(=O)O)no1. The van der Waals surface area contributed by atoms with Crippen LogP contribution in [0, 0.1) is 0 Å². The molecule has 0 fully saturated rings. The smallest absolute Gasteiger partial charge is 0.358 e. The third-order valence-corrected chi connectivity index (χ3v) is 1.96. The third-order valence-electron chi connectivity index (χ3n) is 1.96. The molecule has 1 unspecified atom stereocenters. The van der Waals surface area contributed by atoms with E-state index in [1.54, 1.807) is 0 Å². The first kappa shape index (κ1) is 11.7. The molecule has 1 aromatic rings. The van der Waals surface area contributed by atoms with E-state index >= 15 is 0 Å². The predicted octanol–water partition coefficient (Wildman–Crippen LogP) is 0.233. The van der Waals surface area contributed by atoms with Crippen LogP contribution in [0.3, 0.4) is 0 Å². The lowest BCUT2D eigenvalue weighted by Gasteiger charge is -2.09. The van der Waals surface area contributed by atoms with Gasteiger partial charge in [-0.2, -0.15) is 0 Å². The van der Waals surface area contributed by atoms with Gasteiger partial charge in [0.15, 0.2) is 11.5 Å². The van der Waals surface area contributed by atoms with Crippen molar-refractivity contribution in [3.05, 3.63) is 17.5 Å². The van der Waals surface area contributed by atoms with Gasteiger partial charge in [-0.05, 0) is 13.3 Å². The minimum absolute atomic E-state index is 0.0957. The Morgan fingerprint density at radius 2 is 2.47 bits per heavy atom. The van der Waals surface area contributed by atoms with E-state index in [4.69, 9.17) is 14.7 Å². The fourth-order valence-electron chi connectivity index (χ4n) is 1.07. The van der Waals surface area contributed by atoms with Crippen molar-refractivity contribution in [1.29, 1.82) is 0 Å². The summed E-state index contributed by atoms with van der Waals surface area (Å²) in [5.41, 5.74) is -0.0957. The summed E-state index contributed by atoms with van der Waals surface area (Å²) in [6.07, 6.45) is 0.639. The summed E-state index contributed by atoms with van der Waals surface area (Å²) in [4.78, 5) is 10.5. The Morgan fingerprint density at radius 3 is 3.00 bits per heavy atom. The van der Waals surface area contributed by atoms with E-state index in [0.29, 0.717) is 18.7 Å². The number of aromatic nitrogens is 1. The first-order chi connectivity index (χ1) is 7.13. The molecule has 0 saturated heterocycles. The second-order valence-electron chi connectivity index (χ2n) is 3.28. The molecule has 6 nitrogen and oxygen atoms in total. The molecule has 15 heavy (non-hydrogen) atoms. The fraction of sp³-hybridized carbons (Fsp3) is 0.556. The molecule has 0 amide bonds. The highest BCUT2D eigenvalue weighted by Gasteiger charge is 2.10. The van der Waals surface area contributed by atoms with Gasteiger partial charge in [0.25, 0.3) is 0 Å². The second-order valence-corrected chi connectivity index (χ2v) is 3.28. The van der Waals surface area contributed by atoms with E-state index in [-0.39, 0.29) is 18.3 Å². The number of rotatable bonds is 6. The first-order valence-corrected chi connectivity index (χ1v) is 4.66. The lowest BCUT2D eigenvalue weighted by molar-refractivity contribution is 0.0685. The van der Waals surface area contributed by atoms with Crippen LogP contribution in [-0.2, 0) is 6.54 Å². The van der Waals surface area contributed by atoms with Crippen LogP contribution in [0.25, 0.3) is 0 Å². The lowest BCUT2D eigenvalue weighted by atomic mass is 10.2. The number of hydrogen-bond acceptors (Lipinski definition) is 5. The number of carboxylic acid groups (broad SMARTS) is 1. The molecular formula is C9H14N2O4. The summed E-state index contributed by atoms with van der Waals surface area (Å²) >= 11 is 0. The van der Waals surface area contributed by atoms with Crippen molar-refractivity contribution in [3.8, 4) is 0 Å². The highest BCUT2D eigenvalue weighted by Crippen LogP contribution is 2.03. The summed E-state index contributed by atoms with van der Waals surface area (Å²) in [7, 11) is 0. The Bertz CT molecular complexity index is 324. The van der Waals surface area contributed by atoms with Gasteiger partial charge in [-0.25, -0.2) is 4.79 Å². The van der Waals surface area contributed by atoms with E-state index in [0.717, 1.165) is 0 Å². The molecule has 0 spiro atoms. The van der Waals surface area contributed by atoms with Crippen molar-refractivity contribution in [2.24, 2.45) is 0 Å². The molecule has 0 aliphatic heterocycles. The van der Waals surface area contributed by atoms with Gasteiger partial charge >= 0.3 is 5.97 Å². The maximum Gasteiger partial charge on any atom is 0.358 e. The molecule has 0 bridgehead atoms. The van der Waals surface area contributed by atoms with Gasteiger partial charge in [-0.1, -0.05) is 5.16 Å². The molecule has 6 heteroatoms. The van der Waals surface area contributed by atoms with E-state index in [1.807, 2.05) is 6.92 Å². The zero-order valence-corrected chi connectivity index (χ0v) is 8.43. The minimum atomic E-state index is -1.10. The van der Waals surface area contributed by atoms with Crippen molar-refractivity contribution in [2.75, 3.05) is 6.61 Å². The molecule has 0 aliphatic rings. The highest BCUT2D eigenvalue weighted by atomic mass is 16.5. The Balaban J connectivity index is 2.40. The number of carbonyl (C=O) groups is 1. The number of aromatic carboxylic acids is 1. The number of carboxylic acids is 1. The van der Waals surface area contributed by atoms with Gasteiger partial charge in [0, 0.05) is 18.7 Å². The number of aliphatic hydroxyl groups excluding tert-OH is 1. The van der Waals surface area contributed by atoms with Crippen LogP contribution in [-0.4, -0.2) is 34.0 Å². The van der Waals surface area contributed by atoms with Gasteiger partial charge in [-0.15, -0.1) is 0 Å².